The Morgan fingerprint density at radius 2 is 1.92 bits per heavy atom. The van der Waals surface area contributed by atoms with Gasteiger partial charge in [-0.1, -0.05) is 24.3 Å². The molecule has 0 unspecified atom stereocenters. The molecule has 2 N–H and O–H groups in total. The van der Waals surface area contributed by atoms with E-state index in [0.717, 1.165) is 11.8 Å². The summed E-state index contributed by atoms with van der Waals surface area (Å²) < 4.78 is 10.7. The topological polar surface area (TPSA) is 91.0 Å². The summed E-state index contributed by atoms with van der Waals surface area (Å²) in [5.74, 6) is -0.216. The van der Waals surface area contributed by atoms with Crippen LogP contribution in [0.25, 0.3) is 6.08 Å². The second-order valence-electron chi connectivity index (χ2n) is 5.03. The SMILES string of the molecule is COc1ccc(/C=C2\SC(N)=NC2=O)cc1OC(=O)c1ccccc1. The highest BCUT2D eigenvalue weighted by Crippen LogP contribution is 2.32. The molecule has 2 aromatic carbocycles. The maximum absolute atomic E-state index is 12.2. The highest BCUT2D eigenvalue weighted by Gasteiger charge is 2.20. The van der Waals surface area contributed by atoms with Gasteiger partial charge in [0.25, 0.3) is 5.91 Å². The maximum Gasteiger partial charge on any atom is 0.343 e. The van der Waals surface area contributed by atoms with Crippen LogP contribution >= 0.6 is 11.8 Å². The van der Waals surface area contributed by atoms with Gasteiger partial charge in [-0.2, -0.15) is 4.99 Å². The van der Waals surface area contributed by atoms with Crippen molar-refractivity contribution in [2.75, 3.05) is 7.11 Å². The van der Waals surface area contributed by atoms with E-state index in [1.165, 1.54) is 7.11 Å². The highest BCUT2D eigenvalue weighted by atomic mass is 32.2. The van der Waals surface area contributed by atoms with Gasteiger partial charge in [-0.3, -0.25) is 4.79 Å². The number of methoxy groups -OCH3 is 1. The second-order valence-corrected chi connectivity index (χ2v) is 6.09. The van der Waals surface area contributed by atoms with Crippen molar-refractivity contribution in [1.82, 2.24) is 0 Å². The number of benzene rings is 2. The number of ether oxygens (including phenoxy) is 2. The van der Waals surface area contributed by atoms with Crippen LogP contribution in [0.3, 0.4) is 0 Å². The molecule has 0 aliphatic carbocycles. The second kappa shape index (κ2) is 7.23. The molecular formula is C18H14N2O4S. The molecule has 0 saturated heterocycles. The fourth-order valence-electron chi connectivity index (χ4n) is 2.17. The maximum atomic E-state index is 12.2. The lowest BCUT2D eigenvalue weighted by molar-refractivity contribution is -0.113. The van der Waals surface area contributed by atoms with Crippen LogP contribution in [0.15, 0.2) is 58.4 Å². The quantitative estimate of drug-likeness (QED) is 0.516. The molecule has 7 heteroatoms. The predicted molar refractivity (Wildman–Crippen MR) is 96.6 cm³/mol. The van der Waals surface area contributed by atoms with Crippen LogP contribution in [0.2, 0.25) is 0 Å². The molecule has 0 radical (unpaired) electrons. The lowest BCUT2D eigenvalue weighted by atomic mass is 10.1. The number of esters is 1. The molecule has 0 bridgehead atoms. The Balaban J connectivity index is 1.87. The zero-order chi connectivity index (χ0) is 17.8. The molecule has 6 nitrogen and oxygen atoms in total. The van der Waals surface area contributed by atoms with Crippen LogP contribution in [0.5, 0.6) is 11.5 Å². The van der Waals surface area contributed by atoms with Crippen molar-refractivity contribution in [3.8, 4) is 11.5 Å². The van der Waals surface area contributed by atoms with Gasteiger partial charge in [0.2, 0.25) is 0 Å². The molecular weight excluding hydrogens is 340 g/mol. The first-order valence-electron chi connectivity index (χ1n) is 7.30. The normalized spacial score (nSPS) is 15.2. The molecule has 0 spiro atoms. The van der Waals surface area contributed by atoms with Gasteiger partial charge in [0.1, 0.15) is 0 Å². The standard InChI is InChI=1S/C18H14N2O4S/c1-23-13-8-7-11(10-15-16(21)20-18(19)25-15)9-14(13)24-17(22)12-5-3-2-4-6-12/h2-10H,1H3,(H2,19,20,21)/b15-10-. The van der Waals surface area contributed by atoms with E-state index in [0.29, 0.717) is 21.8 Å². The number of rotatable bonds is 4. The first-order valence-corrected chi connectivity index (χ1v) is 8.12. The molecule has 3 rings (SSSR count). The summed E-state index contributed by atoms with van der Waals surface area (Å²) in [4.78, 5) is 28.0. The van der Waals surface area contributed by atoms with Gasteiger partial charge in [0.05, 0.1) is 17.6 Å². The number of thioether (sulfide) groups is 1. The van der Waals surface area contributed by atoms with Crippen molar-refractivity contribution < 1.29 is 19.1 Å². The van der Waals surface area contributed by atoms with Gasteiger partial charge in [0.15, 0.2) is 16.7 Å². The number of carbonyl (C=O) groups excluding carboxylic acids is 2. The van der Waals surface area contributed by atoms with Crippen molar-refractivity contribution in [2.45, 2.75) is 0 Å². The minimum absolute atomic E-state index is 0.209. The van der Waals surface area contributed by atoms with Gasteiger partial charge in [0, 0.05) is 0 Å². The Labute approximate surface area is 148 Å². The monoisotopic (exact) mass is 354 g/mol. The first-order chi connectivity index (χ1) is 12.1. The Hall–Kier alpha value is -3.06. The van der Waals surface area contributed by atoms with E-state index in [9.17, 15) is 9.59 Å². The fraction of sp³-hybridized carbons (Fsp3) is 0.0556. The van der Waals surface area contributed by atoms with Crippen LogP contribution in [-0.4, -0.2) is 24.2 Å². The summed E-state index contributed by atoms with van der Waals surface area (Å²) in [6, 6.07) is 13.7. The number of hydrogen-bond acceptors (Lipinski definition) is 6. The molecule has 1 amide bonds. The van der Waals surface area contributed by atoms with E-state index >= 15 is 0 Å². The fourth-order valence-corrected chi connectivity index (χ4v) is 2.85. The Bertz CT molecular complexity index is 891. The van der Waals surface area contributed by atoms with E-state index in [2.05, 4.69) is 4.99 Å². The third-order valence-corrected chi connectivity index (χ3v) is 4.15. The van der Waals surface area contributed by atoms with Crippen LogP contribution in [0.1, 0.15) is 15.9 Å². The lowest BCUT2D eigenvalue weighted by Gasteiger charge is -2.10. The number of amides is 1. The largest absolute Gasteiger partial charge is 0.493 e. The number of carbonyl (C=O) groups is 2. The minimum Gasteiger partial charge on any atom is -0.493 e. The van der Waals surface area contributed by atoms with E-state index in [-0.39, 0.29) is 16.8 Å². The zero-order valence-electron chi connectivity index (χ0n) is 13.3. The molecule has 126 valence electrons. The average Bonchev–Trinajstić information content (AvgIpc) is 2.93. The number of amidine groups is 1. The zero-order valence-corrected chi connectivity index (χ0v) is 14.1. The first kappa shape index (κ1) is 16.8. The molecule has 1 aliphatic heterocycles. The van der Waals surface area contributed by atoms with Gasteiger partial charge < -0.3 is 15.2 Å². The minimum atomic E-state index is -0.498. The summed E-state index contributed by atoms with van der Waals surface area (Å²) >= 11 is 1.10. The van der Waals surface area contributed by atoms with Crippen LogP contribution in [-0.2, 0) is 4.79 Å². The van der Waals surface area contributed by atoms with Crippen LogP contribution < -0.4 is 15.2 Å². The number of nitrogens with two attached hydrogens (primary N) is 1. The number of aliphatic imine (C=N–C) groups is 1. The van der Waals surface area contributed by atoms with E-state index < -0.39 is 5.97 Å². The Morgan fingerprint density at radius 1 is 1.16 bits per heavy atom. The molecule has 25 heavy (non-hydrogen) atoms. The van der Waals surface area contributed by atoms with Gasteiger partial charge in [-0.25, -0.2) is 4.79 Å². The number of nitrogens with zero attached hydrogens (tertiary/aromatic N) is 1. The lowest BCUT2D eigenvalue weighted by Crippen LogP contribution is -2.09. The summed E-state index contributed by atoms with van der Waals surface area (Å²) in [5, 5.41) is 0.209. The molecule has 2 aromatic rings. The molecule has 0 fully saturated rings. The predicted octanol–water partition coefficient (Wildman–Crippen LogP) is 2.84. The van der Waals surface area contributed by atoms with Crippen molar-refractivity contribution in [2.24, 2.45) is 10.7 Å². The van der Waals surface area contributed by atoms with E-state index in [1.807, 2.05) is 6.07 Å². The summed E-state index contributed by atoms with van der Waals surface area (Å²) in [6.07, 6.45) is 1.63. The summed E-state index contributed by atoms with van der Waals surface area (Å²) in [6.45, 7) is 0. The smallest absolute Gasteiger partial charge is 0.343 e. The van der Waals surface area contributed by atoms with Crippen LogP contribution in [0, 0.1) is 0 Å². The summed E-state index contributed by atoms with van der Waals surface area (Å²) in [7, 11) is 1.48. The van der Waals surface area contributed by atoms with Crippen molar-refractivity contribution in [1.29, 1.82) is 0 Å². The van der Waals surface area contributed by atoms with E-state index in [1.54, 1.807) is 48.5 Å². The van der Waals surface area contributed by atoms with Crippen molar-refractivity contribution in [3.05, 3.63) is 64.6 Å². The van der Waals surface area contributed by atoms with Crippen molar-refractivity contribution >= 4 is 34.9 Å². The van der Waals surface area contributed by atoms with Gasteiger partial charge >= 0.3 is 5.97 Å². The molecule has 1 heterocycles. The van der Waals surface area contributed by atoms with Crippen LogP contribution in [0.4, 0.5) is 0 Å². The number of hydrogen-bond donors (Lipinski definition) is 1. The third kappa shape index (κ3) is 3.89. The Morgan fingerprint density at radius 3 is 2.56 bits per heavy atom. The molecule has 1 aliphatic rings. The highest BCUT2D eigenvalue weighted by molar-refractivity contribution is 8.18. The molecule has 0 saturated carbocycles. The van der Waals surface area contributed by atoms with Gasteiger partial charge in [-0.15, -0.1) is 0 Å². The Kier molecular flexibility index (Phi) is 4.85. The van der Waals surface area contributed by atoms with E-state index in [4.69, 9.17) is 15.2 Å². The molecule has 0 aromatic heterocycles. The molecule has 0 atom stereocenters. The third-order valence-electron chi connectivity index (χ3n) is 3.33. The average molecular weight is 354 g/mol. The summed E-state index contributed by atoms with van der Waals surface area (Å²) in [5.41, 5.74) is 6.63. The van der Waals surface area contributed by atoms with Gasteiger partial charge in [-0.05, 0) is 47.7 Å². The van der Waals surface area contributed by atoms with Crippen molar-refractivity contribution in [3.63, 3.8) is 0 Å².